The largest absolute Gasteiger partial charge is 0.455 e. The molecule has 1 heterocycles. The Kier molecular flexibility index (Phi) is 4.04. The normalized spacial score (nSPS) is 10.4. The van der Waals surface area contributed by atoms with Gasteiger partial charge in [0.05, 0.1) is 17.2 Å². The second-order valence-electron chi connectivity index (χ2n) is 4.63. The number of aryl methyl sites for hydroxylation is 2. The van der Waals surface area contributed by atoms with E-state index >= 15 is 0 Å². The molecule has 110 valence electrons. The van der Waals surface area contributed by atoms with Gasteiger partial charge in [-0.05, 0) is 37.6 Å². The zero-order valence-electron chi connectivity index (χ0n) is 11.7. The molecule has 2 rings (SSSR count). The summed E-state index contributed by atoms with van der Waals surface area (Å²) in [6.07, 6.45) is 0. The summed E-state index contributed by atoms with van der Waals surface area (Å²) in [5, 5.41) is 13.6. The number of nitrogens with one attached hydrogen (secondary N) is 1. The van der Waals surface area contributed by atoms with Crippen LogP contribution in [0.15, 0.2) is 28.7 Å². The molecule has 0 fully saturated rings. The summed E-state index contributed by atoms with van der Waals surface area (Å²) in [4.78, 5) is 22.5. The quantitative estimate of drug-likeness (QED) is 0.663. The molecule has 7 heteroatoms. The minimum absolute atomic E-state index is 0.0435. The van der Waals surface area contributed by atoms with Crippen molar-refractivity contribution in [1.29, 1.82) is 0 Å². The molecule has 0 saturated heterocycles. The predicted octanol–water partition coefficient (Wildman–Crippen LogP) is 2.52. The van der Waals surface area contributed by atoms with Crippen molar-refractivity contribution in [3.63, 3.8) is 0 Å². The first-order chi connectivity index (χ1) is 9.92. The van der Waals surface area contributed by atoms with E-state index in [9.17, 15) is 14.9 Å². The van der Waals surface area contributed by atoms with Crippen LogP contribution in [0.3, 0.4) is 0 Å². The second kappa shape index (κ2) is 5.76. The molecule has 1 amide bonds. The Balaban J connectivity index is 2.28. The van der Waals surface area contributed by atoms with Crippen molar-refractivity contribution in [3.05, 3.63) is 57.0 Å². The van der Waals surface area contributed by atoms with Crippen molar-refractivity contribution in [3.8, 4) is 0 Å². The number of carbonyl (C=O) groups excluding carboxylic acids is 1. The lowest BCUT2D eigenvalue weighted by atomic mass is 10.1. The molecule has 0 aliphatic rings. The highest BCUT2D eigenvalue weighted by molar-refractivity contribution is 6.02. The van der Waals surface area contributed by atoms with Gasteiger partial charge in [-0.2, -0.15) is 0 Å². The van der Waals surface area contributed by atoms with Crippen molar-refractivity contribution in [2.24, 2.45) is 5.73 Å². The van der Waals surface area contributed by atoms with Crippen LogP contribution in [0.1, 0.15) is 27.4 Å². The van der Waals surface area contributed by atoms with E-state index in [1.165, 1.54) is 12.1 Å². The monoisotopic (exact) mass is 289 g/mol. The SMILES string of the molecule is Cc1cc(C)c([N+](=O)[O-])cc1NC(=O)c1ccc(CN)o1. The molecule has 0 radical (unpaired) electrons. The van der Waals surface area contributed by atoms with E-state index in [-0.39, 0.29) is 18.0 Å². The van der Waals surface area contributed by atoms with Crippen LogP contribution in [-0.2, 0) is 6.54 Å². The van der Waals surface area contributed by atoms with Gasteiger partial charge in [0.2, 0.25) is 0 Å². The fraction of sp³-hybridized carbons (Fsp3) is 0.214. The number of nitrogens with zero attached hydrogens (tertiary/aromatic N) is 1. The lowest BCUT2D eigenvalue weighted by Gasteiger charge is -2.08. The summed E-state index contributed by atoms with van der Waals surface area (Å²) in [5.74, 6) is 0.126. The Bertz CT molecular complexity index is 706. The Hall–Kier alpha value is -2.67. The van der Waals surface area contributed by atoms with Gasteiger partial charge < -0.3 is 15.5 Å². The molecule has 0 aliphatic heterocycles. The molecule has 0 aliphatic carbocycles. The zero-order valence-corrected chi connectivity index (χ0v) is 11.7. The van der Waals surface area contributed by atoms with Gasteiger partial charge in [-0.15, -0.1) is 0 Å². The first-order valence-corrected chi connectivity index (χ1v) is 6.28. The number of anilines is 1. The number of carbonyl (C=O) groups is 1. The van der Waals surface area contributed by atoms with Gasteiger partial charge in [0.15, 0.2) is 5.76 Å². The maximum absolute atomic E-state index is 12.0. The van der Waals surface area contributed by atoms with Gasteiger partial charge in [0.1, 0.15) is 5.76 Å². The highest BCUT2D eigenvalue weighted by Gasteiger charge is 2.17. The van der Waals surface area contributed by atoms with Gasteiger partial charge in [0, 0.05) is 11.6 Å². The summed E-state index contributed by atoms with van der Waals surface area (Å²) in [6, 6.07) is 6.12. The minimum atomic E-state index is -0.482. The molecule has 0 atom stereocenters. The molecular formula is C14H15N3O4. The molecule has 1 aromatic carbocycles. The summed E-state index contributed by atoms with van der Waals surface area (Å²) in [5.41, 5.74) is 7.02. The topological polar surface area (TPSA) is 111 Å². The van der Waals surface area contributed by atoms with Crippen LogP contribution in [0, 0.1) is 24.0 Å². The summed E-state index contributed by atoms with van der Waals surface area (Å²) in [6.45, 7) is 3.61. The molecular weight excluding hydrogens is 274 g/mol. The average Bonchev–Trinajstić information content (AvgIpc) is 2.90. The Morgan fingerprint density at radius 2 is 2.05 bits per heavy atom. The fourth-order valence-electron chi connectivity index (χ4n) is 1.97. The molecule has 1 aromatic heterocycles. The van der Waals surface area contributed by atoms with E-state index in [1.54, 1.807) is 26.0 Å². The summed E-state index contributed by atoms with van der Waals surface area (Å²) in [7, 11) is 0. The van der Waals surface area contributed by atoms with Crippen LogP contribution < -0.4 is 11.1 Å². The van der Waals surface area contributed by atoms with Crippen LogP contribution in [0.25, 0.3) is 0 Å². The average molecular weight is 289 g/mol. The molecule has 7 nitrogen and oxygen atoms in total. The molecule has 2 aromatic rings. The van der Waals surface area contributed by atoms with Crippen molar-refractivity contribution < 1.29 is 14.1 Å². The van der Waals surface area contributed by atoms with Crippen LogP contribution in [0.2, 0.25) is 0 Å². The van der Waals surface area contributed by atoms with E-state index in [0.29, 0.717) is 17.0 Å². The molecule has 0 saturated carbocycles. The number of furan rings is 1. The van der Waals surface area contributed by atoms with E-state index in [4.69, 9.17) is 10.2 Å². The van der Waals surface area contributed by atoms with Gasteiger partial charge in [-0.1, -0.05) is 0 Å². The van der Waals surface area contributed by atoms with Crippen LogP contribution >= 0.6 is 0 Å². The van der Waals surface area contributed by atoms with E-state index in [1.807, 2.05) is 0 Å². The highest BCUT2D eigenvalue weighted by Crippen LogP contribution is 2.26. The summed E-state index contributed by atoms with van der Waals surface area (Å²) < 4.78 is 5.24. The van der Waals surface area contributed by atoms with Crippen LogP contribution in [-0.4, -0.2) is 10.8 Å². The smallest absolute Gasteiger partial charge is 0.291 e. The third kappa shape index (κ3) is 3.09. The maximum atomic E-state index is 12.0. The lowest BCUT2D eigenvalue weighted by Crippen LogP contribution is -2.12. The first kappa shape index (κ1) is 14.7. The summed E-state index contributed by atoms with van der Waals surface area (Å²) >= 11 is 0. The van der Waals surface area contributed by atoms with Crippen LogP contribution in [0.5, 0.6) is 0 Å². The molecule has 0 bridgehead atoms. The van der Waals surface area contributed by atoms with Crippen molar-refractivity contribution >= 4 is 17.3 Å². The van der Waals surface area contributed by atoms with Crippen molar-refractivity contribution in [1.82, 2.24) is 0 Å². The van der Waals surface area contributed by atoms with E-state index in [2.05, 4.69) is 5.32 Å². The predicted molar refractivity (Wildman–Crippen MR) is 77.1 cm³/mol. The standard InChI is InChI=1S/C14H15N3O4/c1-8-5-9(2)12(17(19)20)6-11(8)16-14(18)13-4-3-10(7-15)21-13/h3-6H,7,15H2,1-2H3,(H,16,18). The first-order valence-electron chi connectivity index (χ1n) is 6.28. The van der Waals surface area contributed by atoms with E-state index < -0.39 is 10.8 Å². The molecule has 0 spiro atoms. The number of nitrogens with two attached hydrogens (primary N) is 1. The van der Waals surface area contributed by atoms with Gasteiger partial charge in [0.25, 0.3) is 11.6 Å². The second-order valence-corrected chi connectivity index (χ2v) is 4.63. The fourth-order valence-corrected chi connectivity index (χ4v) is 1.97. The molecule has 3 N–H and O–H groups in total. The Labute approximate surface area is 120 Å². The molecule has 0 unspecified atom stereocenters. The maximum Gasteiger partial charge on any atom is 0.291 e. The number of nitro groups is 1. The number of hydrogen-bond acceptors (Lipinski definition) is 5. The van der Waals surface area contributed by atoms with Crippen molar-refractivity contribution in [2.75, 3.05) is 5.32 Å². The lowest BCUT2D eigenvalue weighted by molar-refractivity contribution is -0.385. The minimum Gasteiger partial charge on any atom is -0.455 e. The van der Waals surface area contributed by atoms with Gasteiger partial charge in [-0.3, -0.25) is 14.9 Å². The number of benzene rings is 1. The van der Waals surface area contributed by atoms with E-state index in [0.717, 1.165) is 5.56 Å². The number of rotatable bonds is 4. The Morgan fingerprint density at radius 3 is 2.62 bits per heavy atom. The van der Waals surface area contributed by atoms with Crippen molar-refractivity contribution in [2.45, 2.75) is 20.4 Å². The highest BCUT2D eigenvalue weighted by atomic mass is 16.6. The number of nitro benzene ring substituents is 1. The third-order valence-electron chi connectivity index (χ3n) is 3.07. The molecule has 21 heavy (non-hydrogen) atoms. The van der Waals surface area contributed by atoms with Gasteiger partial charge in [-0.25, -0.2) is 0 Å². The van der Waals surface area contributed by atoms with Gasteiger partial charge >= 0.3 is 0 Å². The number of amides is 1. The van der Waals surface area contributed by atoms with Crippen LogP contribution in [0.4, 0.5) is 11.4 Å². The number of hydrogen-bond donors (Lipinski definition) is 2. The zero-order chi connectivity index (χ0) is 15.6. The Morgan fingerprint density at radius 1 is 1.33 bits per heavy atom. The third-order valence-corrected chi connectivity index (χ3v) is 3.07.